The van der Waals surface area contributed by atoms with Gasteiger partial charge in [-0.3, -0.25) is 4.79 Å². The molecule has 1 atom stereocenters. The van der Waals surface area contributed by atoms with Crippen LogP contribution in [0.5, 0.6) is 0 Å². The number of ether oxygens (including phenoxy) is 2. The van der Waals surface area contributed by atoms with Gasteiger partial charge in [-0.2, -0.15) is 0 Å². The summed E-state index contributed by atoms with van der Waals surface area (Å²) in [6.45, 7) is 2.84. The van der Waals surface area contributed by atoms with E-state index in [1.165, 1.54) is 18.4 Å². The predicted molar refractivity (Wildman–Crippen MR) is 56.5 cm³/mol. The molecule has 0 bridgehead atoms. The molecule has 1 saturated carbocycles. The highest BCUT2D eigenvalue weighted by atomic mass is 16.6. The highest BCUT2D eigenvalue weighted by Gasteiger charge is 2.27. The monoisotopic (exact) mass is 210 g/mol. The van der Waals surface area contributed by atoms with E-state index in [-0.39, 0.29) is 11.9 Å². The van der Waals surface area contributed by atoms with Crippen molar-refractivity contribution in [3.63, 3.8) is 0 Å². The highest BCUT2D eigenvalue weighted by Crippen LogP contribution is 2.31. The number of hydrogen-bond donors (Lipinski definition) is 0. The third kappa shape index (κ3) is 2.59. The molecular formula is C12H18O3. The standard InChI is InChI=1S/C12H18O3/c1-9(13)8-11-12(15-7-6-14-11)10-4-2-3-5-10/h11H,2-8H2,1H3. The van der Waals surface area contributed by atoms with Gasteiger partial charge in [0, 0.05) is 6.42 Å². The number of Topliss-reactive ketones (excluding diaryl/α,β-unsaturated/α-hetero) is 1. The second-order valence-corrected chi connectivity index (χ2v) is 4.29. The molecule has 15 heavy (non-hydrogen) atoms. The molecule has 0 aromatic carbocycles. The van der Waals surface area contributed by atoms with Crippen LogP contribution in [0.2, 0.25) is 0 Å². The number of hydrogen-bond acceptors (Lipinski definition) is 3. The summed E-state index contributed by atoms with van der Waals surface area (Å²) in [6.07, 6.45) is 5.08. The normalized spacial score (nSPS) is 26.6. The van der Waals surface area contributed by atoms with Crippen molar-refractivity contribution < 1.29 is 14.3 Å². The van der Waals surface area contributed by atoms with Gasteiger partial charge in [0.1, 0.15) is 24.3 Å². The van der Waals surface area contributed by atoms with Gasteiger partial charge >= 0.3 is 0 Å². The van der Waals surface area contributed by atoms with Crippen LogP contribution in [0.4, 0.5) is 0 Å². The Kier molecular flexibility index (Phi) is 3.41. The number of carbonyl (C=O) groups is 1. The van der Waals surface area contributed by atoms with Gasteiger partial charge in [-0.1, -0.05) is 0 Å². The summed E-state index contributed by atoms with van der Waals surface area (Å²) >= 11 is 0. The molecule has 1 aliphatic heterocycles. The first kappa shape index (κ1) is 10.7. The van der Waals surface area contributed by atoms with Crippen LogP contribution in [0.15, 0.2) is 11.3 Å². The zero-order valence-corrected chi connectivity index (χ0v) is 9.25. The summed E-state index contributed by atoms with van der Waals surface area (Å²) in [5.41, 5.74) is 1.38. The molecule has 3 heteroatoms. The largest absolute Gasteiger partial charge is 0.493 e. The molecule has 2 rings (SSSR count). The molecule has 1 aliphatic carbocycles. The topological polar surface area (TPSA) is 35.5 Å². The number of rotatable bonds is 2. The van der Waals surface area contributed by atoms with E-state index in [9.17, 15) is 4.79 Å². The van der Waals surface area contributed by atoms with Gasteiger partial charge in [0.2, 0.25) is 0 Å². The van der Waals surface area contributed by atoms with Gasteiger partial charge in [0.25, 0.3) is 0 Å². The molecule has 1 heterocycles. The lowest BCUT2D eigenvalue weighted by Gasteiger charge is -2.27. The Balaban J connectivity index is 2.11. The third-order valence-electron chi connectivity index (χ3n) is 2.98. The van der Waals surface area contributed by atoms with Crippen LogP contribution in [0.1, 0.15) is 39.0 Å². The molecule has 0 aromatic heterocycles. The predicted octanol–water partition coefficient (Wildman–Crippen LogP) is 2.21. The highest BCUT2D eigenvalue weighted by molar-refractivity contribution is 5.76. The van der Waals surface area contributed by atoms with Crippen molar-refractivity contribution in [2.75, 3.05) is 13.2 Å². The van der Waals surface area contributed by atoms with Crippen molar-refractivity contribution in [3.8, 4) is 0 Å². The molecular weight excluding hydrogens is 192 g/mol. The first-order valence-corrected chi connectivity index (χ1v) is 5.73. The first-order valence-electron chi connectivity index (χ1n) is 5.73. The second-order valence-electron chi connectivity index (χ2n) is 4.29. The average molecular weight is 210 g/mol. The molecule has 0 spiro atoms. The lowest BCUT2D eigenvalue weighted by atomic mass is 10.1. The average Bonchev–Trinajstić information content (AvgIpc) is 2.70. The van der Waals surface area contributed by atoms with Crippen molar-refractivity contribution in [2.45, 2.75) is 45.1 Å². The Hall–Kier alpha value is -0.830. The molecule has 0 amide bonds. The van der Waals surface area contributed by atoms with Gasteiger partial charge in [-0.15, -0.1) is 0 Å². The lowest BCUT2D eigenvalue weighted by Crippen LogP contribution is -2.29. The lowest BCUT2D eigenvalue weighted by molar-refractivity contribution is -0.122. The molecule has 0 aromatic rings. The Bertz CT molecular complexity index is 273. The Morgan fingerprint density at radius 3 is 2.73 bits per heavy atom. The van der Waals surface area contributed by atoms with E-state index in [0.717, 1.165) is 18.6 Å². The summed E-state index contributed by atoms with van der Waals surface area (Å²) in [5.74, 6) is 1.13. The summed E-state index contributed by atoms with van der Waals surface area (Å²) in [4.78, 5) is 11.1. The molecule has 84 valence electrons. The van der Waals surface area contributed by atoms with Gasteiger partial charge in [-0.25, -0.2) is 0 Å². The molecule has 0 N–H and O–H groups in total. The SMILES string of the molecule is CC(=O)CC1OCCOC1=C1CCCC1. The maximum Gasteiger partial charge on any atom is 0.132 e. The van der Waals surface area contributed by atoms with Gasteiger partial charge in [0.05, 0.1) is 6.61 Å². The fraction of sp³-hybridized carbons (Fsp3) is 0.750. The summed E-state index contributed by atoms with van der Waals surface area (Å²) in [6, 6.07) is 0. The molecule has 2 aliphatic rings. The zero-order valence-electron chi connectivity index (χ0n) is 9.25. The van der Waals surface area contributed by atoms with Crippen LogP contribution in [0.25, 0.3) is 0 Å². The fourth-order valence-corrected chi connectivity index (χ4v) is 2.30. The minimum atomic E-state index is -0.107. The van der Waals surface area contributed by atoms with Crippen LogP contribution in [-0.4, -0.2) is 25.1 Å². The van der Waals surface area contributed by atoms with Crippen molar-refractivity contribution in [1.29, 1.82) is 0 Å². The van der Waals surface area contributed by atoms with Crippen LogP contribution in [-0.2, 0) is 14.3 Å². The Morgan fingerprint density at radius 1 is 1.33 bits per heavy atom. The quantitative estimate of drug-likeness (QED) is 0.701. The fourth-order valence-electron chi connectivity index (χ4n) is 2.30. The molecule has 2 fully saturated rings. The van der Waals surface area contributed by atoms with Crippen molar-refractivity contribution >= 4 is 5.78 Å². The van der Waals surface area contributed by atoms with E-state index in [2.05, 4.69) is 0 Å². The number of carbonyl (C=O) groups excluding carboxylic acids is 1. The van der Waals surface area contributed by atoms with Gasteiger partial charge in [0.15, 0.2) is 0 Å². The van der Waals surface area contributed by atoms with E-state index < -0.39 is 0 Å². The van der Waals surface area contributed by atoms with Crippen LogP contribution >= 0.6 is 0 Å². The van der Waals surface area contributed by atoms with Gasteiger partial charge in [-0.05, 0) is 38.2 Å². The molecule has 1 unspecified atom stereocenters. The summed E-state index contributed by atoms with van der Waals surface area (Å²) in [7, 11) is 0. The minimum Gasteiger partial charge on any atom is -0.493 e. The van der Waals surface area contributed by atoms with Crippen LogP contribution in [0.3, 0.4) is 0 Å². The second kappa shape index (κ2) is 4.79. The zero-order chi connectivity index (χ0) is 10.7. The summed E-state index contributed by atoms with van der Waals surface area (Å²) in [5, 5.41) is 0. The van der Waals surface area contributed by atoms with E-state index >= 15 is 0 Å². The Morgan fingerprint density at radius 2 is 2.07 bits per heavy atom. The maximum atomic E-state index is 11.1. The third-order valence-corrected chi connectivity index (χ3v) is 2.98. The van der Waals surface area contributed by atoms with E-state index in [0.29, 0.717) is 19.6 Å². The first-order chi connectivity index (χ1) is 7.27. The van der Waals surface area contributed by atoms with Crippen LogP contribution < -0.4 is 0 Å². The maximum absolute atomic E-state index is 11.1. The summed E-state index contributed by atoms with van der Waals surface area (Å²) < 4.78 is 11.3. The minimum absolute atomic E-state index is 0.107. The molecule has 3 nitrogen and oxygen atoms in total. The van der Waals surface area contributed by atoms with E-state index in [4.69, 9.17) is 9.47 Å². The van der Waals surface area contributed by atoms with E-state index in [1.807, 2.05) is 0 Å². The van der Waals surface area contributed by atoms with Gasteiger partial charge < -0.3 is 9.47 Å². The number of allylic oxidation sites excluding steroid dienone is 1. The van der Waals surface area contributed by atoms with Crippen molar-refractivity contribution in [2.24, 2.45) is 0 Å². The van der Waals surface area contributed by atoms with Crippen molar-refractivity contribution in [3.05, 3.63) is 11.3 Å². The Labute approximate surface area is 90.4 Å². The van der Waals surface area contributed by atoms with Crippen molar-refractivity contribution in [1.82, 2.24) is 0 Å². The van der Waals surface area contributed by atoms with Crippen LogP contribution in [0, 0.1) is 0 Å². The van der Waals surface area contributed by atoms with E-state index in [1.54, 1.807) is 6.92 Å². The molecule has 0 radical (unpaired) electrons. The molecule has 1 saturated heterocycles. The smallest absolute Gasteiger partial charge is 0.132 e. The number of ketones is 1.